The van der Waals surface area contributed by atoms with Crippen LogP contribution in [0.25, 0.3) is 0 Å². The molecule has 0 aromatic heterocycles. The predicted molar refractivity (Wildman–Crippen MR) is 55.0 cm³/mol. The van der Waals surface area contributed by atoms with Crippen molar-refractivity contribution in [3.63, 3.8) is 0 Å². The SMILES string of the molecule is CC1=CC=CC1.CC1=CC=CC1.[F-].[F-].[Zr]. The third kappa shape index (κ3) is 10.00. The van der Waals surface area contributed by atoms with Crippen LogP contribution in [0.15, 0.2) is 47.6 Å². The van der Waals surface area contributed by atoms with Gasteiger partial charge in [-0.25, -0.2) is 0 Å². The summed E-state index contributed by atoms with van der Waals surface area (Å²) < 4.78 is 0. The molecule has 84 valence electrons. The zero-order valence-corrected chi connectivity index (χ0v) is 11.6. The average molecular weight is 289 g/mol. The zero-order chi connectivity index (χ0) is 8.81. The Morgan fingerprint density at radius 1 is 0.800 bits per heavy atom. The van der Waals surface area contributed by atoms with Crippen molar-refractivity contribution in [2.75, 3.05) is 0 Å². The second-order valence-electron chi connectivity index (χ2n) is 3.29. The molecule has 0 heterocycles. The van der Waals surface area contributed by atoms with Crippen LogP contribution in [0, 0.1) is 0 Å². The topological polar surface area (TPSA) is 0 Å². The van der Waals surface area contributed by atoms with Crippen LogP contribution >= 0.6 is 0 Å². The standard InChI is InChI=1S/2C6H8.2FH.Zr/c2*1-6-4-2-3-5-6;;;/h2*2-4H,5H2,1H3;2*1H;/p-2. The Labute approximate surface area is 110 Å². The van der Waals surface area contributed by atoms with Gasteiger partial charge >= 0.3 is 0 Å². The van der Waals surface area contributed by atoms with E-state index in [2.05, 4.69) is 50.3 Å². The summed E-state index contributed by atoms with van der Waals surface area (Å²) >= 11 is 0. The van der Waals surface area contributed by atoms with Crippen LogP contribution in [-0.2, 0) is 26.2 Å². The van der Waals surface area contributed by atoms with Gasteiger partial charge in [0.25, 0.3) is 0 Å². The maximum absolute atomic E-state index is 2.16. The minimum Gasteiger partial charge on any atom is -1.00 e. The smallest absolute Gasteiger partial charge is 0 e. The monoisotopic (exact) mass is 288 g/mol. The van der Waals surface area contributed by atoms with Crippen molar-refractivity contribution in [2.45, 2.75) is 26.7 Å². The van der Waals surface area contributed by atoms with Gasteiger partial charge in [0, 0.05) is 26.2 Å². The summed E-state index contributed by atoms with van der Waals surface area (Å²) in [7, 11) is 0. The molecule has 0 N–H and O–H groups in total. The molecule has 0 bridgehead atoms. The van der Waals surface area contributed by atoms with E-state index in [9.17, 15) is 0 Å². The van der Waals surface area contributed by atoms with Gasteiger partial charge in [0.15, 0.2) is 0 Å². The minimum atomic E-state index is 0. The molecule has 0 radical (unpaired) electrons. The summed E-state index contributed by atoms with van der Waals surface area (Å²) in [5, 5.41) is 0. The Kier molecular flexibility index (Phi) is 15.8. The van der Waals surface area contributed by atoms with Gasteiger partial charge in [0.2, 0.25) is 0 Å². The van der Waals surface area contributed by atoms with E-state index in [1.54, 1.807) is 0 Å². The first-order chi connectivity index (χ1) is 5.79. The van der Waals surface area contributed by atoms with Gasteiger partial charge in [-0.3, -0.25) is 0 Å². The molecule has 2 rings (SSSR count). The van der Waals surface area contributed by atoms with Crippen LogP contribution in [0.1, 0.15) is 26.7 Å². The van der Waals surface area contributed by atoms with E-state index in [0.29, 0.717) is 0 Å². The number of rotatable bonds is 0. The van der Waals surface area contributed by atoms with E-state index in [1.165, 1.54) is 24.0 Å². The largest absolute Gasteiger partial charge is 1.00 e. The maximum atomic E-state index is 2.16. The molecule has 0 unspecified atom stereocenters. The summed E-state index contributed by atoms with van der Waals surface area (Å²) in [6.45, 7) is 4.28. The van der Waals surface area contributed by atoms with E-state index < -0.39 is 0 Å². The molecule has 0 amide bonds. The predicted octanol–water partition coefficient (Wildman–Crippen LogP) is -2.21. The van der Waals surface area contributed by atoms with Crippen molar-refractivity contribution in [1.82, 2.24) is 0 Å². The Hall–Kier alpha value is -0.297. The Bertz CT molecular complexity index is 235. The van der Waals surface area contributed by atoms with E-state index in [1.807, 2.05) is 0 Å². The first-order valence-corrected chi connectivity index (χ1v) is 4.43. The molecular weight excluding hydrogens is 273 g/mol. The van der Waals surface area contributed by atoms with Crippen LogP contribution in [0.3, 0.4) is 0 Å². The summed E-state index contributed by atoms with van der Waals surface area (Å²) in [6, 6.07) is 0. The van der Waals surface area contributed by atoms with Crippen LogP contribution in [0.4, 0.5) is 0 Å². The van der Waals surface area contributed by atoms with Crippen molar-refractivity contribution in [3.05, 3.63) is 47.6 Å². The maximum Gasteiger partial charge on any atom is 0 e. The van der Waals surface area contributed by atoms with Gasteiger partial charge in [-0.15, -0.1) is 0 Å². The average Bonchev–Trinajstić information content (AvgIpc) is 2.63. The van der Waals surface area contributed by atoms with Gasteiger partial charge in [-0.1, -0.05) is 47.6 Å². The fraction of sp³-hybridized carbons (Fsp3) is 0.333. The summed E-state index contributed by atoms with van der Waals surface area (Å²) in [6.07, 6.45) is 15.1. The molecule has 0 aromatic carbocycles. The third-order valence-corrected chi connectivity index (χ3v) is 1.91. The second kappa shape index (κ2) is 11.8. The Balaban J connectivity index is -0.000000160. The molecule has 0 saturated heterocycles. The molecule has 0 spiro atoms. The Morgan fingerprint density at radius 3 is 1.20 bits per heavy atom. The van der Waals surface area contributed by atoms with Crippen LogP contribution in [0.5, 0.6) is 0 Å². The van der Waals surface area contributed by atoms with Gasteiger partial charge in [-0.05, 0) is 26.7 Å². The van der Waals surface area contributed by atoms with Gasteiger partial charge < -0.3 is 9.41 Å². The van der Waals surface area contributed by atoms with Crippen molar-refractivity contribution < 1.29 is 35.6 Å². The molecule has 2 aliphatic carbocycles. The second-order valence-corrected chi connectivity index (χ2v) is 3.29. The molecular formula is C12H16F2Zr-2. The summed E-state index contributed by atoms with van der Waals surface area (Å²) in [4.78, 5) is 0. The molecule has 0 saturated carbocycles. The van der Waals surface area contributed by atoms with Gasteiger partial charge in [0.1, 0.15) is 0 Å². The fourth-order valence-corrected chi connectivity index (χ4v) is 1.11. The normalized spacial score (nSPS) is 14.8. The van der Waals surface area contributed by atoms with E-state index >= 15 is 0 Å². The molecule has 15 heavy (non-hydrogen) atoms. The quantitative estimate of drug-likeness (QED) is 0.474. The van der Waals surface area contributed by atoms with Crippen LogP contribution < -0.4 is 9.41 Å². The fourth-order valence-electron chi connectivity index (χ4n) is 1.11. The number of hydrogen-bond acceptors (Lipinski definition) is 0. The van der Waals surface area contributed by atoms with Crippen LogP contribution in [0.2, 0.25) is 0 Å². The molecule has 0 fully saturated rings. The minimum absolute atomic E-state index is 0. The summed E-state index contributed by atoms with van der Waals surface area (Å²) in [5.74, 6) is 0. The first-order valence-electron chi connectivity index (χ1n) is 4.43. The van der Waals surface area contributed by atoms with Crippen molar-refractivity contribution in [3.8, 4) is 0 Å². The molecule has 0 atom stereocenters. The van der Waals surface area contributed by atoms with E-state index in [0.717, 1.165) is 0 Å². The molecule has 0 aromatic rings. The van der Waals surface area contributed by atoms with Crippen molar-refractivity contribution in [1.29, 1.82) is 0 Å². The van der Waals surface area contributed by atoms with Gasteiger partial charge in [-0.2, -0.15) is 0 Å². The number of halogens is 2. The van der Waals surface area contributed by atoms with Crippen molar-refractivity contribution >= 4 is 0 Å². The molecule has 2 aliphatic rings. The Morgan fingerprint density at radius 2 is 1.13 bits per heavy atom. The summed E-state index contributed by atoms with van der Waals surface area (Å²) in [5.41, 5.74) is 2.94. The molecule has 3 heteroatoms. The molecule has 0 nitrogen and oxygen atoms in total. The van der Waals surface area contributed by atoms with Crippen molar-refractivity contribution in [2.24, 2.45) is 0 Å². The number of hydrogen-bond donors (Lipinski definition) is 0. The first kappa shape index (κ1) is 20.2. The molecule has 0 aliphatic heterocycles. The van der Waals surface area contributed by atoms with Gasteiger partial charge in [0.05, 0.1) is 0 Å². The van der Waals surface area contributed by atoms with Crippen LogP contribution in [-0.4, -0.2) is 0 Å². The third-order valence-electron chi connectivity index (χ3n) is 1.91. The zero-order valence-electron chi connectivity index (χ0n) is 9.13. The van der Waals surface area contributed by atoms with E-state index in [-0.39, 0.29) is 35.6 Å². The number of allylic oxidation sites excluding steroid dienone is 8. The van der Waals surface area contributed by atoms with E-state index in [4.69, 9.17) is 0 Å².